The molecule has 0 aliphatic carbocycles. The fraction of sp³-hybridized carbons (Fsp3) is 0.0769. The van der Waals surface area contributed by atoms with Crippen LogP contribution < -0.4 is 10.1 Å². The number of benzene rings is 1. The molecule has 1 aromatic carbocycles. The second kappa shape index (κ2) is 6.24. The summed E-state index contributed by atoms with van der Waals surface area (Å²) < 4.78 is 18.5. The van der Waals surface area contributed by atoms with Gasteiger partial charge >= 0.3 is 6.01 Å². The first kappa shape index (κ1) is 13.4. The molecule has 20 heavy (non-hydrogen) atoms. The second-order valence-electron chi connectivity index (χ2n) is 3.71. The van der Waals surface area contributed by atoms with Crippen molar-refractivity contribution < 1.29 is 13.9 Å². The first-order chi connectivity index (χ1) is 9.72. The molecule has 7 heteroatoms. The lowest BCUT2D eigenvalue weighted by Crippen LogP contribution is -2.05. The van der Waals surface area contributed by atoms with Crippen molar-refractivity contribution >= 4 is 12.2 Å². The van der Waals surface area contributed by atoms with Gasteiger partial charge in [0, 0.05) is 0 Å². The van der Waals surface area contributed by atoms with Gasteiger partial charge in [0.15, 0.2) is 11.6 Å². The van der Waals surface area contributed by atoms with Crippen molar-refractivity contribution in [3.8, 4) is 12.1 Å². The van der Waals surface area contributed by atoms with Gasteiger partial charge < -0.3 is 10.1 Å². The third-order valence-corrected chi connectivity index (χ3v) is 2.34. The van der Waals surface area contributed by atoms with Gasteiger partial charge in [-0.3, -0.25) is 4.79 Å². The van der Waals surface area contributed by atoms with E-state index in [0.29, 0.717) is 12.0 Å². The van der Waals surface area contributed by atoms with E-state index in [0.717, 1.165) is 11.8 Å². The minimum atomic E-state index is -0.754. The fourth-order valence-corrected chi connectivity index (χ4v) is 1.46. The van der Waals surface area contributed by atoms with E-state index in [1.165, 1.54) is 0 Å². The number of amides is 1. The predicted molar refractivity (Wildman–Crippen MR) is 67.2 cm³/mol. The van der Waals surface area contributed by atoms with Gasteiger partial charge in [0.2, 0.25) is 6.41 Å². The Labute approximate surface area is 113 Å². The number of nitrogens with zero attached hydrogens (tertiary/aromatic N) is 3. The summed E-state index contributed by atoms with van der Waals surface area (Å²) in [7, 11) is 0. The Hall–Kier alpha value is -3.01. The molecule has 0 spiro atoms. The van der Waals surface area contributed by atoms with Crippen molar-refractivity contribution in [3.63, 3.8) is 0 Å². The van der Waals surface area contributed by atoms with Gasteiger partial charge in [-0.25, -0.2) is 9.37 Å². The second-order valence-corrected chi connectivity index (χ2v) is 3.71. The van der Waals surface area contributed by atoms with Crippen LogP contribution in [-0.4, -0.2) is 16.4 Å². The Bertz CT molecular complexity index is 670. The van der Waals surface area contributed by atoms with Gasteiger partial charge in [-0.05, 0) is 17.7 Å². The summed E-state index contributed by atoms with van der Waals surface area (Å²) in [6.07, 6.45) is 1.21. The SMILES string of the molecule is N#Cc1cccc(COc2ncc(F)c(NC=O)n2)c1. The molecular weight excluding hydrogens is 263 g/mol. The Morgan fingerprint density at radius 2 is 2.35 bits per heavy atom. The molecule has 0 fully saturated rings. The van der Waals surface area contributed by atoms with Crippen LogP contribution in [0.5, 0.6) is 6.01 Å². The minimum absolute atomic E-state index is 0.0712. The van der Waals surface area contributed by atoms with Crippen LogP contribution in [0.1, 0.15) is 11.1 Å². The Kier molecular flexibility index (Phi) is 4.19. The molecule has 1 amide bonds. The maximum absolute atomic E-state index is 13.2. The normalized spacial score (nSPS) is 9.60. The molecule has 0 bridgehead atoms. The standard InChI is InChI=1S/C13H9FN4O2/c14-11-6-16-13(18-12(11)17-8-19)20-7-10-3-1-2-9(4-10)5-15/h1-4,6,8H,7H2,(H,16,17,18,19). The zero-order chi connectivity index (χ0) is 14.4. The Morgan fingerprint density at radius 1 is 1.50 bits per heavy atom. The van der Waals surface area contributed by atoms with Crippen LogP contribution in [-0.2, 0) is 11.4 Å². The van der Waals surface area contributed by atoms with E-state index >= 15 is 0 Å². The maximum atomic E-state index is 13.2. The third-order valence-electron chi connectivity index (χ3n) is 2.34. The number of hydrogen-bond acceptors (Lipinski definition) is 5. The molecule has 2 aromatic rings. The first-order valence-corrected chi connectivity index (χ1v) is 5.57. The summed E-state index contributed by atoms with van der Waals surface area (Å²) in [4.78, 5) is 17.6. The summed E-state index contributed by atoms with van der Waals surface area (Å²) in [5.74, 6) is -1.01. The zero-order valence-electron chi connectivity index (χ0n) is 10.2. The summed E-state index contributed by atoms with van der Waals surface area (Å²) in [5, 5.41) is 10.9. The zero-order valence-corrected chi connectivity index (χ0v) is 10.2. The van der Waals surface area contributed by atoms with E-state index in [4.69, 9.17) is 10.00 Å². The number of anilines is 1. The van der Waals surface area contributed by atoms with Crippen LogP contribution in [0.2, 0.25) is 0 Å². The topological polar surface area (TPSA) is 87.9 Å². The van der Waals surface area contributed by atoms with E-state index in [2.05, 4.69) is 15.3 Å². The van der Waals surface area contributed by atoms with Crippen molar-refractivity contribution in [1.29, 1.82) is 5.26 Å². The van der Waals surface area contributed by atoms with E-state index in [1.54, 1.807) is 24.3 Å². The molecule has 1 aromatic heterocycles. The lowest BCUT2D eigenvalue weighted by molar-refractivity contribution is -0.105. The predicted octanol–water partition coefficient (Wildman–Crippen LogP) is 1.63. The van der Waals surface area contributed by atoms with E-state index < -0.39 is 5.82 Å². The van der Waals surface area contributed by atoms with Crippen molar-refractivity contribution in [2.24, 2.45) is 0 Å². The number of carbonyl (C=O) groups excluding carboxylic acids is 1. The van der Waals surface area contributed by atoms with Crippen LogP contribution in [0.4, 0.5) is 10.2 Å². The average molecular weight is 272 g/mol. The maximum Gasteiger partial charge on any atom is 0.318 e. The van der Waals surface area contributed by atoms with E-state index in [1.807, 2.05) is 6.07 Å². The van der Waals surface area contributed by atoms with E-state index in [9.17, 15) is 9.18 Å². The third kappa shape index (κ3) is 3.26. The van der Waals surface area contributed by atoms with Crippen LogP contribution in [0.3, 0.4) is 0 Å². The molecule has 2 rings (SSSR count). The number of rotatable bonds is 5. The Morgan fingerprint density at radius 3 is 3.10 bits per heavy atom. The van der Waals surface area contributed by atoms with E-state index in [-0.39, 0.29) is 18.4 Å². The number of nitrogens with one attached hydrogen (secondary N) is 1. The van der Waals surface area contributed by atoms with Gasteiger partial charge in [0.05, 0.1) is 17.8 Å². The quantitative estimate of drug-likeness (QED) is 0.836. The van der Waals surface area contributed by atoms with Crippen molar-refractivity contribution in [3.05, 3.63) is 47.4 Å². The molecule has 0 aliphatic heterocycles. The molecule has 0 aliphatic rings. The minimum Gasteiger partial charge on any atom is -0.459 e. The fourth-order valence-electron chi connectivity index (χ4n) is 1.46. The van der Waals surface area contributed by atoms with Crippen LogP contribution in [0.15, 0.2) is 30.5 Å². The number of carbonyl (C=O) groups is 1. The number of ether oxygens (including phenoxy) is 1. The number of hydrogen-bond donors (Lipinski definition) is 1. The molecule has 100 valence electrons. The summed E-state index contributed by atoms with van der Waals surface area (Å²) >= 11 is 0. The lowest BCUT2D eigenvalue weighted by Gasteiger charge is -2.06. The highest BCUT2D eigenvalue weighted by Crippen LogP contribution is 2.14. The van der Waals surface area contributed by atoms with Gasteiger partial charge in [-0.2, -0.15) is 10.2 Å². The van der Waals surface area contributed by atoms with Crippen LogP contribution in [0.25, 0.3) is 0 Å². The highest BCUT2D eigenvalue weighted by molar-refractivity contribution is 5.68. The van der Waals surface area contributed by atoms with Gasteiger partial charge in [-0.1, -0.05) is 12.1 Å². The monoisotopic (exact) mass is 272 g/mol. The molecule has 1 heterocycles. The highest BCUT2D eigenvalue weighted by Gasteiger charge is 2.07. The van der Waals surface area contributed by atoms with Crippen LogP contribution in [0, 0.1) is 17.1 Å². The average Bonchev–Trinajstić information content (AvgIpc) is 2.48. The molecule has 1 N–H and O–H groups in total. The number of halogens is 1. The van der Waals surface area contributed by atoms with Crippen LogP contribution >= 0.6 is 0 Å². The van der Waals surface area contributed by atoms with Gasteiger partial charge in [-0.15, -0.1) is 0 Å². The van der Waals surface area contributed by atoms with Crippen molar-refractivity contribution in [2.75, 3.05) is 5.32 Å². The summed E-state index contributed by atoms with van der Waals surface area (Å²) in [6, 6.07) is 8.77. The molecule has 6 nitrogen and oxygen atoms in total. The largest absolute Gasteiger partial charge is 0.459 e. The number of aromatic nitrogens is 2. The molecule has 0 radical (unpaired) electrons. The first-order valence-electron chi connectivity index (χ1n) is 5.57. The molecule has 0 saturated carbocycles. The van der Waals surface area contributed by atoms with Crippen molar-refractivity contribution in [2.45, 2.75) is 6.61 Å². The lowest BCUT2D eigenvalue weighted by atomic mass is 10.1. The summed E-state index contributed by atoms with van der Waals surface area (Å²) in [5.41, 5.74) is 1.26. The Balaban J connectivity index is 2.08. The molecule has 0 unspecified atom stereocenters. The van der Waals surface area contributed by atoms with Gasteiger partial charge in [0.25, 0.3) is 0 Å². The van der Waals surface area contributed by atoms with Crippen molar-refractivity contribution in [1.82, 2.24) is 9.97 Å². The number of nitriles is 1. The molecular formula is C13H9FN4O2. The smallest absolute Gasteiger partial charge is 0.318 e. The molecule has 0 atom stereocenters. The van der Waals surface area contributed by atoms with Gasteiger partial charge in [0.1, 0.15) is 6.61 Å². The highest BCUT2D eigenvalue weighted by atomic mass is 19.1. The summed E-state index contributed by atoms with van der Waals surface area (Å²) in [6.45, 7) is 0.127. The molecule has 0 saturated heterocycles.